The quantitative estimate of drug-likeness (QED) is 0.407. The van der Waals surface area contributed by atoms with Crippen molar-refractivity contribution in [1.29, 1.82) is 0 Å². The molecule has 0 bridgehead atoms. The standard InChI is InChI=1S/C15H27N3O2S/c1-4-16-15(17-8-10-20-12-11-19-3)18(2)9-7-14-6-5-13-21-14/h5-6,13H,4,7-12H2,1-3H3,(H,16,17). The van der Waals surface area contributed by atoms with Crippen LogP contribution in [0.1, 0.15) is 11.8 Å². The number of nitrogens with one attached hydrogen (secondary N) is 1. The topological polar surface area (TPSA) is 46.1 Å². The second kappa shape index (κ2) is 11.5. The fraction of sp³-hybridized carbons (Fsp3) is 0.667. The maximum Gasteiger partial charge on any atom is 0.193 e. The third-order valence-electron chi connectivity index (χ3n) is 2.90. The Hall–Kier alpha value is -1.11. The average molecular weight is 313 g/mol. The van der Waals surface area contributed by atoms with Crippen molar-refractivity contribution in [3.63, 3.8) is 0 Å². The molecule has 0 aliphatic heterocycles. The van der Waals surface area contributed by atoms with Crippen molar-refractivity contribution in [2.24, 2.45) is 4.99 Å². The number of thiophene rings is 1. The molecule has 0 saturated heterocycles. The molecule has 0 unspecified atom stereocenters. The van der Waals surface area contributed by atoms with Crippen LogP contribution in [-0.2, 0) is 15.9 Å². The van der Waals surface area contributed by atoms with Crippen LogP contribution in [0.15, 0.2) is 22.5 Å². The monoisotopic (exact) mass is 313 g/mol. The number of nitrogens with zero attached hydrogens (tertiary/aromatic N) is 2. The Bertz CT molecular complexity index is 382. The van der Waals surface area contributed by atoms with Crippen LogP contribution in [0.3, 0.4) is 0 Å². The zero-order chi connectivity index (χ0) is 15.3. The number of rotatable bonds is 10. The minimum absolute atomic E-state index is 0.622. The van der Waals surface area contributed by atoms with E-state index in [-0.39, 0.29) is 0 Å². The molecule has 0 amide bonds. The zero-order valence-electron chi connectivity index (χ0n) is 13.3. The van der Waals surface area contributed by atoms with Crippen molar-refractivity contribution < 1.29 is 9.47 Å². The van der Waals surface area contributed by atoms with Crippen molar-refractivity contribution >= 4 is 17.3 Å². The van der Waals surface area contributed by atoms with E-state index in [1.165, 1.54) is 4.88 Å². The van der Waals surface area contributed by atoms with Gasteiger partial charge >= 0.3 is 0 Å². The smallest absolute Gasteiger partial charge is 0.193 e. The molecule has 0 saturated carbocycles. The van der Waals surface area contributed by atoms with Gasteiger partial charge in [0.2, 0.25) is 0 Å². The molecule has 5 nitrogen and oxygen atoms in total. The van der Waals surface area contributed by atoms with E-state index < -0.39 is 0 Å². The van der Waals surface area contributed by atoms with Crippen molar-refractivity contribution in [3.05, 3.63) is 22.4 Å². The summed E-state index contributed by atoms with van der Waals surface area (Å²) in [5.74, 6) is 0.935. The first-order valence-corrected chi connectivity index (χ1v) is 8.24. The minimum Gasteiger partial charge on any atom is -0.382 e. The van der Waals surface area contributed by atoms with Crippen LogP contribution in [0.5, 0.6) is 0 Å². The van der Waals surface area contributed by atoms with Crippen LogP contribution in [0.4, 0.5) is 0 Å². The molecule has 1 N–H and O–H groups in total. The summed E-state index contributed by atoms with van der Waals surface area (Å²) >= 11 is 1.80. The molecule has 0 radical (unpaired) electrons. The van der Waals surface area contributed by atoms with E-state index in [9.17, 15) is 0 Å². The van der Waals surface area contributed by atoms with Gasteiger partial charge in [-0.25, -0.2) is 0 Å². The number of hydrogen-bond acceptors (Lipinski definition) is 4. The molecule has 0 aliphatic carbocycles. The summed E-state index contributed by atoms with van der Waals surface area (Å²) in [5, 5.41) is 5.43. The number of aliphatic imine (C=N–C) groups is 1. The van der Waals surface area contributed by atoms with Crippen molar-refractivity contribution in [2.75, 3.05) is 53.6 Å². The molecule has 120 valence electrons. The highest BCUT2D eigenvalue weighted by molar-refractivity contribution is 7.09. The van der Waals surface area contributed by atoms with Crippen LogP contribution < -0.4 is 5.32 Å². The molecule has 1 rings (SSSR count). The molecule has 0 aliphatic rings. The Morgan fingerprint density at radius 2 is 2.24 bits per heavy atom. The van der Waals surface area contributed by atoms with Crippen LogP contribution in [0.25, 0.3) is 0 Å². The molecule has 6 heteroatoms. The Morgan fingerprint density at radius 1 is 1.38 bits per heavy atom. The summed E-state index contributed by atoms with van der Waals surface area (Å²) in [6, 6.07) is 4.27. The second-order valence-corrected chi connectivity index (χ2v) is 5.62. The highest BCUT2D eigenvalue weighted by Crippen LogP contribution is 2.09. The number of ether oxygens (including phenoxy) is 2. The van der Waals surface area contributed by atoms with Gasteiger partial charge in [0.05, 0.1) is 26.4 Å². The third-order valence-corrected chi connectivity index (χ3v) is 3.84. The Morgan fingerprint density at radius 3 is 2.90 bits per heavy atom. The highest BCUT2D eigenvalue weighted by Gasteiger charge is 2.05. The highest BCUT2D eigenvalue weighted by atomic mass is 32.1. The third kappa shape index (κ3) is 8.04. The van der Waals surface area contributed by atoms with Crippen LogP contribution in [0.2, 0.25) is 0 Å². The number of likely N-dealkylation sites (N-methyl/N-ethyl adjacent to an activating group) is 1. The van der Waals surface area contributed by atoms with Gasteiger partial charge in [0.1, 0.15) is 0 Å². The van der Waals surface area contributed by atoms with E-state index in [4.69, 9.17) is 9.47 Å². The summed E-state index contributed by atoms with van der Waals surface area (Å²) in [6.45, 7) is 6.44. The molecule has 0 fully saturated rings. The largest absolute Gasteiger partial charge is 0.382 e. The normalized spacial score (nSPS) is 11.7. The molecule has 0 spiro atoms. The van der Waals surface area contributed by atoms with Gasteiger partial charge < -0.3 is 19.7 Å². The number of guanidine groups is 1. The van der Waals surface area contributed by atoms with Gasteiger partial charge in [-0.3, -0.25) is 4.99 Å². The molecule has 21 heavy (non-hydrogen) atoms. The summed E-state index contributed by atoms with van der Waals surface area (Å²) in [7, 11) is 3.74. The fourth-order valence-corrected chi connectivity index (χ4v) is 2.47. The molecule has 0 aromatic carbocycles. The first-order chi connectivity index (χ1) is 10.3. The van der Waals surface area contributed by atoms with E-state index >= 15 is 0 Å². The van der Waals surface area contributed by atoms with Gasteiger partial charge in [-0.15, -0.1) is 11.3 Å². The van der Waals surface area contributed by atoms with Crippen LogP contribution >= 0.6 is 11.3 Å². The molecule has 0 atom stereocenters. The maximum atomic E-state index is 5.42. The number of hydrogen-bond donors (Lipinski definition) is 1. The van der Waals surface area contributed by atoms with Gasteiger partial charge in [0, 0.05) is 32.1 Å². The maximum absolute atomic E-state index is 5.42. The molecule has 1 heterocycles. The lowest BCUT2D eigenvalue weighted by Crippen LogP contribution is -2.40. The van der Waals surface area contributed by atoms with E-state index in [0.717, 1.165) is 25.5 Å². The zero-order valence-corrected chi connectivity index (χ0v) is 14.1. The van der Waals surface area contributed by atoms with Crippen LogP contribution in [0, 0.1) is 0 Å². The summed E-state index contributed by atoms with van der Waals surface area (Å²) in [5.41, 5.74) is 0. The molecular weight excluding hydrogens is 286 g/mol. The first kappa shape index (κ1) is 17.9. The van der Waals surface area contributed by atoms with Crippen molar-refractivity contribution in [3.8, 4) is 0 Å². The van der Waals surface area contributed by atoms with Gasteiger partial charge in [0.15, 0.2) is 5.96 Å². The van der Waals surface area contributed by atoms with Crippen LogP contribution in [-0.4, -0.2) is 64.5 Å². The predicted octanol–water partition coefficient (Wildman–Crippen LogP) is 1.85. The Kier molecular flexibility index (Phi) is 9.86. The van der Waals surface area contributed by atoms with Gasteiger partial charge in [-0.05, 0) is 24.8 Å². The summed E-state index contributed by atoms with van der Waals surface area (Å²) < 4.78 is 10.4. The average Bonchev–Trinajstić information content (AvgIpc) is 3.00. The summed E-state index contributed by atoms with van der Waals surface area (Å²) in [4.78, 5) is 8.15. The first-order valence-electron chi connectivity index (χ1n) is 7.36. The van der Waals surface area contributed by atoms with E-state index in [2.05, 4.69) is 46.7 Å². The summed E-state index contributed by atoms with van der Waals surface area (Å²) in [6.07, 6.45) is 1.04. The lowest BCUT2D eigenvalue weighted by atomic mass is 10.3. The second-order valence-electron chi connectivity index (χ2n) is 4.59. The van der Waals surface area contributed by atoms with Gasteiger partial charge in [0.25, 0.3) is 0 Å². The number of methoxy groups -OCH3 is 1. The SMILES string of the molecule is CCNC(=NCCOCCOC)N(C)CCc1cccs1. The lowest BCUT2D eigenvalue weighted by molar-refractivity contribution is 0.0747. The van der Waals surface area contributed by atoms with Crippen molar-refractivity contribution in [2.45, 2.75) is 13.3 Å². The Labute approximate surface area is 132 Å². The lowest BCUT2D eigenvalue weighted by Gasteiger charge is -2.21. The minimum atomic E-state index is 0.622. The van der Waals surface area contributed by atoms with Gasteiger partial charge in [-0.2, -0.15) is 0 Å². The molecule has 1 aromatic rings. The molecule has 1 aromatic heterocycles. The Balaban J connectivity index is 2.31. The predicted molar refractivity (Wildman–Crippen MR) is 89.3 cm³/mol. The van der Waals surface area contributed by atoms with Gasteiger partial charge in [-0.1, -0.05) is 6.07 Å². The van der Waals surface area contributed by atoms with Crippen molar-refractivity contribution in [1.82, 2.24) is 10.2 Å². The molecular formula is C15H27N3O2S. The van der Waals surface area contributed by atoms with E-state index in [0.29, 0.717) is 26.4 Å². The van der Waals surface area contributed by atoms with E-state index in [1.807, 2.05) is 0 Å². The van der Waals surface area contributed by atoms with E-state index in [1.54, 1.807) is 18.4 Å². The fourth-order valence-electron chi connectivity index (χ4n) is 1.77.